The van der Waals surface area contributed by atoms with Crippen LogP contribution >= 0.6 is 22.9 Å². The molecular weight excluding hydrogens is 456 g/mol. The maximum absolute atomic E-state index is 13.1. The molecule has 0 radical (unpaired) electrons. The second kappa shape index (κ2) is 9.46. The minimum absolute atomic E-state index is 0.0661. The van der Waals surface area contributed by atoms with E-state index in [1.54, 1.807) is 18.2 Å². The third-order valence-electron chi connectivity index (χ3n) is 4.88. The lowest BCUT2D eigenvalue weighted by Gasteiger charge is -2.20. The molecule has 0 saturated carbocycles. The summed E-state index contributed by atoms with van der Waals surface area (Å²) in [5.41, 5.74) is 0.490. The maximum Gasteiger partial charge on any atom is 0.264 e. The number of carbonyl (C=O) groups excluding carboxylic acids is 1. The molecular formula is C22H25ClN2O4S2. The molecule has 2 aromatic carbocycles. The number of rotatable bonds is 8. The number of amides is 1. The lowest BCUT2D eigenvalue weighted by molar-refractivity contribution is 0.0956. The molecule has 1 heterocycles. The Balaban J connectivity index is 1.85. The fourth-order valence-electron chi connectivity index (χ4n) is 3.00. The molecule has 3 rings (SSSR count). The number of nitrogens with one attached hydrogen (secondary N) is 1. The molecule has 1 N–H and O–H groups in total. The van der Waals surface area contributed by atoms with Gasteiger partial charge in [0.15, 0.2) is 0 Å². The molecule has 0 spiro atoms. The molecule has 0 aliphatic rings. The lowest BCUT2D eigenvalue weighted by atomic mass is 10.1. The van der Waals surface area contributed by atoms with Crippen LogP contribution in [0.25, 0.3) is 10.1 Å². The third kappa shape index (κ3) is 5.14. The topological polar surface area (TPSA) is 75.7 Å². The number of halogens is 1. The summed E-state index contributed by atoms with van der Waals surface area (Å²) in [6.45, 7) is 4.84. The number of anilines is 1. The molecule has 3 aromatic rings. The van der Waals surface area contributed by atoms with Crippen molar-refractivity contribution in [3.05, 3.63) is 52.4 Å². The summed E-state index contributed by atoms with van der Waals surface area (Å²) in [4.78, 5) is 13.1. The minimum atomic E-state index is -3.82. The van der Waals surface area contributed by atoms with Crippen molar-refractivity contribution in [1.82, 2.24) is 5.32 Å². The number of fused-ring (bicyclic) bond motifs is 1. The van der Waals surface area contributed by atoms with Crippen LogP contribution in [0.15, 0.2) is 47.4 Å². The normalized spacial score (nSPS) is 11.7. The lowest BCUT2D eigenvalue weighted by Crippen LogP contribution is -2.26. The number of hydrogen-bond donors (Lipinski definition) is 1. The maximum atomic E-state index is 13.1. The van der Waals surface area contributed by atoms with Gasteiger partial charge in [0.1, 0.15) is 5.75 Å². The van der Waals surface area contributed by atoms with E-state index in [2.05, 4.69) is 19.2 Å². The molecule has 0 unspecified atom stereocenters. The van der Waals surface area contributed by atoms with Crippen LogP contribution in [0.4, 0.5) is 5.69 Å². The Morgan fingerprint density at radius 3 is 2.58 bits per heavy atom. The number of methoxy groups -OCH3 is 1. The predicted octanol–water partition coefficient (Wildman–Crippen LogP) is 5.16. The van der Waals surface area contributed by atoms with Crippen molar-refractivity contribution in [2.45, 2.75) is 25.2 Å². The molecule has 0 atom stereocenters. The summed E-state index contributed by atoms with van der Waals surface area (Å²) in [6.07, 6.45) is 0.915. The molecule has 0 saturated heterocycles. The summed E-state index contributed by atoms with van der Waals surface area (Å²) in [5, 5.41) is 3.96. The van der Waals surface area contributed by atoms with Gasteiger partial charge in [-0.15, -0.1) is 11.3 Å². The van der Waals surface area contributed by atoms with E-state index in [0.29, 0.717) is 28.8 Å². The molecule has 0 aliphatic heterocycles. The van der Waals surface area contributed by atoms with Gasteiger partial charge in [-0.1, -0.05) is 25.4 Å². The van der Waals surface area contributed by atoms with Crippen molar-refractivity contribution in [1.29, 1.82) is 0 Å². The first kappa shape index (κ1) is 23.4. The summed E-state index contributed by atoms with van der Waals surface area (Å²) in [7, 11) is -0.865. The molecule has 31 heavy (non-hydrogen) atoms. The molecule has 1 amide bonds. The van der Waals surface area contributed by atoms with Gasteiger partial charge in [0.05, 0.1) is 27.6 Å². The van der Waals surface area contributed by atoms with Gasteiger partial charge in [0.25, 0.3) is 15.9 Å². The van der Waals surface area contributed by atoms with Crippen LogP contribution in [0.1, 0.15) is 29.9 Å². The van der Waals surface area contributed by atoms with Gasteiger partial charge in [-0.05, 0) is 60.2 Å². The average Bonchev–Trinajstić information content (AvgIpc) is 3.16. The highest BCUT2D eigenvalue weighted by atomic mass is 35.5. The van der Waals surface area contributed by atoms with Crippen molar-refractivity contribution in [2.24, 2.45) is 5.92 Å². The number of carbonyl (C=O) groups is 1. The van der Waals surface area contributed by atoms with Gasteiger partial charge >= 0.3 is 0 Å². The van der Waals surface area contributed by atoms with E-state index in [-0.39, 0.29) is 15.8 Å². The largest absolute Gasteiger partial charge is 0.495 e. The smallest absolute Gasteiger partial charge is 0.264 e. The van der Waals surface area contributed by atoms with Crippen molar-refractivity contribution < 1.29 is 17.9 Å². The van der Waals surface area contributed by atoms with Crippen LogP contribution < -0.4 is 14.4 Å². The van der Waals surface area contributed by atoms with Crippen molar-refractivity contribution >= 4 is 54.6 Å². The summed E-state index contributed by atoms with van der Waals surface area (Å²) in [5.74, 6) is 0.808. The van der Waals surface area contributed by atoms with Crippen molar-refractivity contribution in [2.75, 3.05) is 25.0 Å². The van der Waals surface area contributed by atoms with E-state index in [4.69, 9.17) is 16.3 Å². The Bertz CT molecular complexity index is 1210. The van der Waals surface area contributed by atoms with E-state index < -0.39 is 10.0 Å². The molecule has 166 valence electrons. The highest BCUT2D eigenvalue weighted by Gasteiger charge is 2.23. The summed E-state index contributed by atoms with van der Waals surface area (Å²) >= 11 is 7.49. The standard InChI is InChI=1S/C22H25ClN2O4S2/c1-14(2)9-10-24-22(26)21-12-15-11-16(5-8-20(15)30-21)25(3)31(27,28)17-6-7-19(29-4)18(23)13-17/h5-8,11-14H,9-10H2,1-4H3,(H,24,26). The van der Waals surface area contributed by atoms with Gasteiger partial charge < -0.3 is 10.1 Å². The highest BCUT2D eigenvalue weighted by molar-refractivity contribution is 7.92. The first-order valence-corrected chi connectivity index (χ1v) is 12.4. The van der Waals surface area contributed by atoms with Gasteiger partial charge in [-0.3, -0.25) is 9.10 Å². The molecule has 0 aliphatic carbocycles. The number of nitrogens with zero attached hydrogens (tertiary/aromatic N) is 1. The number of thiophene rings is 1. The number of ether oxygens (including phenoxy) is 1. The number of hydrogen-bond acceptors (Lipinski definition) is 5. The van der Waals surface area contributed by atoms with Crippen LogP contribution in [0.5, 0.6) is 5.75 Å². The quantitative estimate of drug-likeness (QED) is 0.483. The second-order valence-electron chi connectivity index (χ2n) is 7.54. The van der Waals surface area contributed by atoms with Crippen LogP contribution in [0, 0.1) is 5.92 Å². The second-order valence-corrected chi connectivity index (χ2v) is 11.0. The molecule has 1 aromatic heterocycles. The third-order valence-corrected chi connectivity index (χ3v) is 8.07. The van der Waals surface area contributed by atoms with Gasteiger partial charge in [-0.2, -0.15) is 0 Å². The molecule has 0 bridgehead atoms. The Hall–Kier alpha value is -2.29. The number of sulfonamides is 1. The minimum Gasteiger partial charge on any atom is -0.495 e. The average molecular weight is 481 g/mol. The van der Waals surface area contributed by atoms with E-state index in [0.717, 1.165) is 16.5 Å². The Kier molecular flexibility index (Phi) is 7.13. The summed E-state index contributed by atoms with van der Waals surface area (Å²) < 4.78 is 33.3. The molecule has 9 heteroatoms. The monoisotopic (exact) mass is 480 g/mol. The SMILES string of the molecule is COc1ccc(S(=O)(=O)N(C)c2ccc3sc(C(=O)NCCC(C)C)cc3c2)cc1Cl. The van der Waals surface area contributed by atoms with E-state index in [1.165, 1.54) is 48.0 Å². The van der Waals surface area contributed by atoms with E-state index >= 15 is 0 Å². The fourth-order valence-corrected chi connectivity index (χ4v) is 5.50. The van der Waals surface area contributed by atoms with Crippen LogP contribution in [0.3, 0.4) is 0 Å². The van der Waals surface area contributed by atoms with Crippen molar-refractivity contribution in [3.63, 3.8) is 0 Å². The first-order chi connectivity index (χ1) is 14.6. The molecule has 6 nitrogen and oxygen atoms in total. The zero-order valence-electron chi connectivity index (χ0n) is 17.8. The Morgan fingerprint density at radius 1 is 1.19 bits per heavy atom. The van der Waals surface area contributed by atoms with Crippen LogP contribution in [-0.2, 0) is 10.0 Å². The zero-order valence-corrected chi connectivity index (χ0v) is 20.2. The van der Waals surface area contributed by atoms with Gasteiger partial charge in [-0.25, -0.2) is 8.42 Å². The predicted molar refractivity (Wildman–Crippen MR) is 127 cm³/mol. The highest BCUT2D eigenvalue weighted by Crippen LogP contribution is 2.33. The Morgan fingerprint density at radius 2 is 1.94 bits per heavy atom. The van der Waals surface area contributed by atoms with Gasteiger partial charge in [0.2, 0.25) is 0 Å². The first-order valence-electron chi connectivity index (χ1n) is 9.77. The number of benzene rings is 2. The fraction of sp³-hybridized carbons (Fsp3) is 0.318. The van der Waals surface area contributed by atoms with Crippen LogP contribution in [-0.4, -0.2) is 35.0 Å². The van der Waals surface area contributed by atoms with Crippen LogP contribution in [0.2, 0.25) is 5.02 Å². The molecule has 0 fully saturated rings. The summed E-state index contributed by atoms with van der Waals surface area (Å²) in [6, 6.07) is 11.5. The van der Waals surface area contributed by atoms with E-state index in [9.17, 15) is 13.2 Å². The van der Waals surface area contributed by atoms with E-state index in [1.807, 2.05) is 6.07 Å². The van der Waals surface area contributed by atoms with Gasteiger partial charge in [0, 0.05) is 18.3 Å². The van der Waals surface area contributed by atoms with Crippen molar-refractivity contribution in [3.8, 4) is 5.75 Å². The Labute approximate surface area is 191 Å². The zero-order chi connectivity index (χ0) is 22.8.